The van der Waals surface area contributed by atoms with E-state index in [1.807, 2.05) is 6.07 Å². The normalized spacial score (nSPS) is 10.7. The molecule has 0 aliphatic carbocycles. The number of hydrogen-bond donors (Lipinski definition) is 2. The van der Waals surface area contributed by atoms with Crippen LogP contribution in [0.3, 0.4) is 0 Å². The topological polar surface area (TPSA) is 49.8 Å². The van der Waals surface area contributed by atoms with Gasteiger partial charge in [0.15, 0.2) is 0 Å². The number of rotatable bonds is 6. The van der Waals surface area contributed by atoms with Crippen molar-refractivity contribution >= 4 is 40.7 Å². The van der Waals surface area contributed by atoms with Crippen LogP contribution in [0.25, 0.3) is 0 Å². The zero-order chi connectivity index (χ0) is 15.2. The molecule has 0 aliphatic rings. The lowest BCUT2D eigenvalue weighted by atomic mass is 10.1. The number of aromatic nitrogens is 2. The van der Waals surface area contributed by atoms with Crippen LogP contribution in [0, 0.1) is 5.92 Å². The Morgan fingerprint density at radius 3 is 2.67 bits per heavy atom. The lowest BCUT2D eigenvalue weighted by Gasteiger charge is -2.09. The van der Waals surface area contributed by atoms with Gasteiger partial charge in [-0.05, 0) is 36.6 Å². The van der Waals surface area contributed by atoms with Crippen molar-refractivity contribution in [2.45, 2.75) is 20.3 Å². The Labute approximate surface area is 134 Å². The SMILES string of the molecule is CC(C)CCNc1nccc(Nc2ccc(Cl)c(Cl)c2)n1. The predicted octanol–water partition coefficient (Wildman–Crippen LogP) is 4.99. The van der Waals surface area contributed by atoms with Gasteiger partial charge in [0.25, 0.3) is 0 Å². The van der Waals surface area contributed by atoms with Crippen LogP contribution in [0.4, 0.5) is 17.5 Å². The molecule has 0 fully saturated rings. The largest absolute Gasteiger partial charge is 0.354 e. The maximum absolute atomic E-state index is 5.99. The summed E-state index contributed by atoms with van der Waals surface area (Å²) in [7, 11) is 0. The molecule has 21 heavy (non-hydrogen) atoms. The van der Waals surface area contributed by atoms with E-state index >= 15 is 0 Å². The second kappa shape index (κ2) is 7.48. The Balaban J connectivity index is 2.01. The molecule has 6 heteroatoms. The van der Waals surface area contributed by atoms with Crippen LogP contribution in [0.5, 0.6) is 0 Å². The van der Waals surface area contributed by atoms with Crippen molar-refractivity contribution in [1.82, 2.24) is 9.97 Å². The molecule has 0 saturated heterocycles. The highest BCUT2D eigenvalue weighted by Gasteiger charge is 2.03. The highest BCUT2D eigenvalue weighted by Crippen LogP contribution is 2.26. The van der Waals surface area contributed by atoms with Crippen molar-refractivity contribution in [2.24, 2.45) is 5.92 Å². The van der Waals surface area contributed by atoms with Gasteiger partial charge >= 0.3 is 0 Å². The van der Waals surface area contributed by atoms with Crippen molar-refractivity contribution < 1.29 is 0 Å². The Morgan fingerprint density at radius 2 is 1.95 bits per heavy atom. The van der Waals surface area contributed by atoms with Gasteiger partial charge in [-0.15, -0.1) is 0 Å². The van der Waals surface area contributed by atoms with E-state index in [2.05, 4.69) is 34.4 Å². The monoisotopic (exact) mass is 324 g/mol. The lowest BCUT2D eigenvalue weighted by molar-refractivity contribution is 0.606. The summed E-state index contributed by atoms with van der Waals surface area (Å²) in [5.41, 5.74) is 0.830. The third-order valence-corrected chi connectivity index (χ3v) is 3.59. The number of nitrogens with one attached hydrogen (secondary N) is 2. The van der Waals surface area contributed by atoms with Gasteiger partial charge in [-0.25, -0.2) is 4.98 Å². The van der Waals surface area contributed by atoms with Crippen LogP contribution in [-0.2, 0) is 0 Å². The summed E-state index contributed by atoms with van der Waals surface area (Å²) >= 11 is 11.9. The molecule has 0 amide bonds. The second-order valence-corrected chi connectivity index (χ2v) is 5.94. The molecule has 1 aromatic carbocycles. The molecule has 1 aromatic heterocycles. The summed E-state index contributed by atoms with van der Waals surface area (Å²) in [6, 6.07) is 7.16. The van der Waals surface area contributed by atoms with Gasteiger partial charge < -0.3 is 10.6 Å². The van der Waals surface area contributed by atoms with Gasteiger partial charge in [-0.3, -0.25) is 0 Å². The summed E-state index contributed by atoms with van der Waals surface area (Å²) < 4.78 is 0. The smallest absolute Gasteiger partial charge is 0.224 e. The maximum atomic E-state index is 5.99. The van der Waals surface area contributed by atoms with Gasteiger partial charge in [-0.1, -0.05) is 37.0 Å². The number of nitrogens with zero attached hydrogens (tertiary/aromatic N) is 2. The van der Waals surface area contributed by atoms with Crippen molar-refractivity contribution in [2.75, 3.05) is 17.2 Å². The number of halogens is 2. The van der Waals surface area contributed by atoms with Crippen LogP contribution in [-0.4, -0.2) is 16.5 Å². The van der Waals surface area contributed by atoms with Crippen molar-refractivity contribution in [1.29, 1.82) is 0 Å². The highest BCUT2D eigenvalue weighted by molar-refractivity contribution is 6.42. The summed E-state index contributed by atoms with van der Waals surface area (Å²) in [6.45, 7) is 5.23. The average Bonchev–Trinajstić information content (AvgIpc) is 2.43. The molecule has 4 nitrogen and oxygen atoms in total. The first-order chi connectivity index (χ1) is 10.0. The summed E-state index contributed by atoms with van der Waals surface area (Å²) in [5, 5.41) is 7.42. The summed E-state index contributed by atoms with van der Waals surface area (Å²) in [5.74, 6) is 1.96. The van der Waals surface area contributed by atoms with Crippen LogP contribution in [0.1, 0.15) is 20.3 Å². The molecule has 0 spiro atoms. The molecule has 0 aliphatic heterocycles. The molecule has 0 saturated carbocycles. The Kier molecular flexibility index (Phi) is 5.65. The summed E-state index contributed by atoms with van der Waals surface area (Å²) in [4.78, 5) is 8.61. The van der Waals surface area contributed by atoms with E-state index in [1.165, 1.54) is 0 Å². The molecule has 0 radical (unpaired) electrons. The minimum absolute atomic E-state index is 0.506. The third-order valence-electron chi connectivity index (χ3n) is 2.85. The zero-order valence-electron chi connectivity index (χ0n) is 12.0. The molecule has 0 bridgehead atoms. The fourth-order valence-corrected chi connectivity index (χ4v) is 2.01. The molecule has 0 unspecified atom stereocenters. The van der Waals surface area contributed by atoms with Crippen LogP contribution in [0.15, 0.2) is 30.5 Å². The molecule has 2 aromatic rings. The fraction of sp³-hybridized carbons (Fsp3) is 0.333. The maximum Gasteiger partial charge on any atom is 0.224 e. The standard InChI is InChI=1S/C15H18Cl2N4/c1-10(2)5-7-18-15-19-8-6-14(21-15)20-11-3-4-12(16)13(17)9-11/h3-4,6,8-10H,5,7H2,1-2H3,(H2,18,19,20,21). The van der Waals surface area contributed by atoms with E-state index in [4.69, 9.17) is 23.2 Å². The van der Waals surface area contributed by atoms with E-state index in [0.717, 1.165) is 18.7 Å². The van der Waals surface area contributed by atoms with Gasteiger partial charge in [0.2, 0.25) is 5.95 Å². The first-order valence-electron chi connectivity index (χ1n) is 6.83. The van der Waals surface area contributed by atoms with E-state index in [0.29, 0.717) is 27.7 Å². The number of anilines is 3. The van der Waals surface area contributed by atoms with Crippen molar-refractivity contribution in [3.8, 4) is 0 Å². The van der Waals surface area contributed by atoms with E-state index < -0.39 is 0 Å². The Bertz CT molecular complexity index is 602. The van der Waals surface area contributed by atoms with Gasteiger partial charge in [0.05, 0.1) is 10.0 Å². The highest BCUT2D eigenvalue weighted by atomic mass is 35.5. The average molecular weight is 325 g/mol. The molecule has 112 valence electrons. The predicted molar refractivity (Wildman–Crippen MR) is 89.7 cm³/mol. The van der Waals surface area contributed by atoms with Gasteiger partial charge in [0.1, 0.15) is 5.82 Å². The number of hydrogen-bond acceptors (Lipinski definition) is 4. The third kappa shape index (κ3) is 5.06. The molecular formula is C15H18Cl2N4. The van der Waals surface area contributed by atoms with Gasteiger partial charge in [0, 0.05) is 18.4 Å². The molecule has 0 atom stereocenters. The Morgan fingerprint density at radius 1 is 1.14 bits per heavy atom. The molecular weight excluding hydrogens is 307 g/mol. The first kappa shape index (κ1) is 15.9. The van der Waals surface area contributed by atoms with Crippen molar-refractivity contribution in [3.05, 3.63) is 40.5 Å². The van der Waals surface area contributed by atoms with Crippen molar-refractivity contribution in [3.63, 3.8) is 0 Å². The zero-order valence-corrected chi connectivity index (χ0v) is 13.5. The molecule has 2 rings (SSSR count). The van der Waals surface area contributed by atoms with Crippen LogP contribution < -0.4 is 10.6 Å². The second-order valence-electron chi connectivity index (χ2n) is 5.13. The first-order valence-corrected chi connectivity index (χ1v) is 7.59. The van der Waals surface area contributed by atoms with Crippen LogP contribution in [0.2, 0.25) is 10.0 Å². The van der Waals surface area contributed by atoms with E-state index in [1.54, 1.807) is 24.4 Å². The Hall–Kier alpha value is -1.52. The lowest BCUT2D eigenvalue weighted by Crippen LogP contribution is -2.08. The van der Waals surface area contributed by atoms with E-state index in [-0.39, 0.29) is 0 Å². The minimum atomic E-state index is 0.506. The molecule has 2 N–H and O–H groups in total. The van der Waals surface area contributed by atoms with E-state index in [9.17, 15) is 0 Å². The quantitative estimate of drug-likeness (QED) is 0.786. The summed E-state index contributed by atoms with van der Waals surface area (Å²) in [6.07, 6.45) is 2.79. The van der Waals surface area contributed by atoms with Crippen LogP contribution >= 0.6 is 23.2 Å². The van der Waals surface area contributed by atoms with Gasteiger partial charge in [-0.2, -0.15) is 4.98 Å². The number of benzene rings is 1. The fourth-order valence-electron chi connectivity index (χ4n) is 1.71. The minimum Gasteiger partial charge on any atom is -0.354 e. The molecule has 1 heterocycles.